The Morgan fingerprint density at radius 3 is 2.15 bits per heavy atom. The number of imide groups is 1. The molecule has 4 nitrogen and oxygen atoms in total. The molecule has 0 radical (unpaired) electrons. The van der Waals surface area contributed by atoms with Crippen molar-refractivity contribution in [1.82, 2.24) is 0 Å². The first kappa shape index (κ1) is 12.4. The Bertz CT molecular complexity index is 625. The lowest BCUT2D eigenvalue weighted by atomic mass is 10.3. The van der Waals surface area contributed by atoms with Crippen molar-refractivity contribution >= 4 is 17.5 Å². The van der Waals surface area contributed by atoms with Crippen LogP contribution in [-0.4, -0.2) is 17.9 Å². The lowest BCUT2D eigenvalue weighted by molar-refractivity contribution is -0.123. The van der Waals surface area contributed by atoms with Crippen LogP contribution in [0.1, 0.15) is 6.42 Å². The van der Waals surface area contributed by atoms with Gasteiger partial charge in [-0.05, 0) is 24.3 Å². The number of hydrogen-bond acceptors (Lipinski definition) is 3. The van der Waals surface area contributed by atoms with Gasteiger partial charge < -0.3 is 4.74 Å². The molecule has 1 heterocycles. The zero-order chi connectivity index (χ0) is 13.9. The van der Waals surface area contributed by atoms with Crippen LogP contribution in [0.2, 0.25) is 0 Å². The highest BCUT2D eigenvalue weighted by atomic mass is 16.5. The highest BCUT2D eigenvalue weighted by Crippen LogP contribution is 2.25. The van der Waals surface area contributed by atoms with Gasteiger partial charge in [0.15, 0.2) is 6.10 Å². The molecular formula is C16H13NO3. The Morgan fingerprint density at radius 1 is 0.900 bits per heavy atom. The fourth-order valence-corrected chi connectivity index (χ4v) is 2.21. The Labute approximate surface area is 116 Å². The number of nitrogens with zero attached hydrogens (tertiary/aromatic N) is 1. The van der Waals surface area contributed by atoms with Crippen LogP contribution in [-0.2, 0) is 9.59 Å². The van der Waals surface area contributed by atoms with Crippen LogP contribution in [0.3, 0.4) is 0 Å². The number of amides is 2. The summed E-state index contributed by atoms with van der Waals surface area (Å²) in [5.41, 5.74) is 0.585. The zero-order valence-corrected chi connectivity index (χ0v) is 10.7. The molecule has 1 atom stereocenters. The van der Waals surface area contributed by atoms with Crippen molar-refractivity contribution in [2.45, 2.75) is 12.5 Å². The second-order valence-corrected chi connectivity index (χ2v) is 4.53. The molecule has 20 heavy (non-hydrogen) atoms. The van der Waals surface area contributed by atoms with Crippen molar-refractivity contribution in [2.75, 3.05) is 4.90 Å². The molecule has 0 aromatic heterocycles. The minimum atomic E-state index is -0.745. The van der Waals surface area contributed by atoms with Gasteiger partial charge in [0.25, 0.3) is 5.91 Å². The fourth-order valence-electron chi connectivity index (χ4n) is 2.21. The Morgan fingerprint density at radius 2 is 1.50 bits per heavy atom. The number of hydrogen-bond donors (Lipinski definition) is 0. The van der Waals surface area contributed by atoms with Crippen LogP contribution in [0.15, 0.2) is 60.7 Å². The summed E-state index contributed by atoms with van der Waals surface area (Å²) >= 11 is 0. The number of para-hydroxylation sites is 2. The predicted molar refractivity (Wildman–Crippen MR) is 74.4 cm³/mol. The number of benzene rings is 2. The molecule has 0 N–H and O–H groups in total. The SMILES string of the molecule is O=C1CC(Oc2ccccc2)C(=O)N1c1ccccc1. The maximum Gasteiger partial charge on any atom is 0.275 e. The van der Waals surface area contributed by atoms with E-state index in [0.717, 1.165) is 0 Å². The third-order valence-corrected chi connectivity index (χ3v) is 3.14. The second-order valence-electron chi connectivity index (χ2n) is 4.53. The molecule has 0 bridgehead atoms. The molecule has 2 aromatic carbocycles. The normalized spacial score (nSPS) is 18.4. The molecule has 1 saturated heterocycles. The van der Waals surface area contributed by atoms with E-state index in [1.165, 1.54) is 4.90 Å². The highest BCUT2D eigenvalue weighted by molar-refractivity contribution is 6.22. The third-order valence-electron chi connectivity index (χ3n) is 3.14. The van der Waals surface area contributed by atoms with Crippen LogP contribution in [0.4, 0.5) is 5.69 Å². The summed E-state index contributed by atoms with van der Waals surface area (Å²) < 4.78 is 5.60. The Kier molecular flexibility index (Phi) is 3.21. The monoisotopic (exact) mass is 267 g/mol. The summed E-state index contributed by atoms with van der Waals surface area (Å²) in [6.45, 7) is 0. The van der Waals surface area contributed by atoms with E-state index in [2.05, 4.69) is 0 Å². The van der Waals surface area contributed by atoms with Crippen molar-refractivity contribution < 1.29 is 14.3 Å². The minimum Gasteiger partial charge on any atom is -0.480 e. The topological polar surface area (TPSA) is 46.6 Å². The quantitative estimate of drug-likeness (QED) is 0.802. The molecule has 0 spiro atoms. The van der Waals surface area contributed by atoms with Gasteiger partial charge in [0.1, 0.15) is 5.75 Å². The van der Waals surface area contributed by atoms with E-state index < -0.39 is 6.10 Å². The van der Waals surface area contributed by atoms with Crippen molar-refractivity contribution in [2.24, 2.45) is 0 Å². The summed E-state index contributed by atoms with van der Waals surface area (Å²) in [7, 11) is 0. The molecule has 1 fully saturated rings. The van der Waals surface area contributed by atoms with Gasteiger partial charge in [-0.3, -0.25) is 9.59 Å². The number of rotatable bonds is 3. The van der Waals surface area contributed by atoms with Crippen LogP contribution in [0.5, 0.6) is 5.75 Å². The Balaban J connectivity index is 1.81. The van der Waals surface area contributed by atoms with Crippen molar-refractivity contribution in [3.05, 3.63) is 60.7 Å². The molecule has 0 aliphatic carbocycles. The smallest absolute Gasteiger partial charge is 0.275 e. The number of ether oxygens (including phenoxy) is 1. The summed E-state index contributed by atoms with van der Waals surface area (Å²) in [6, 6.07) is 17.9. The predicted octanol–water partition coefficient (Wildman–Crippen LogP) is 2.40. The summed E-state index contributed by atoms with van der Waals surface area (Å²) in [5, 5.41) is 0. The van der Waals surface area contributed by atoms with E-state index in [9.17, 15) is 9.59 Å². The van der Waals surface area contributed by atoms with Crippen molar-refractivity contribution in [3.63, 3.8) is 0 Å². The molecule has 100 valence electrons. The number of carbonyl (C=O) groups excluding carboxylic acids is 2. The first-order valence-electron chi connectivity index (χ1n) is 6.39. The van der Waals surface area contributed by atoms with Crippen LogP contribution in [0, 0.1) is 0 Å². The first-order valence-corrected chi connectivity index (χ1v) is 6.39. The van der Waals surface area contributed by atoms with E-state index in [0.29, 0.717) is 11.4 Å². The summed E-state index contributed by atoms with van der Waals surface area (Å²) in [4.78, 5) is 25.5. The molecule has 1 aliphatic heterocycles. The number of anilines is 1. The van der Waals surface area contributed by atoms with Crippen LogP contribution < -0.4 is 9.64 Å². The van der Waals surface area contributed by atoms with Crippen molar-refractivity contribution in [3.8, 4) is 5.75 Å². The van der Waals surface area contributed by atoms with E-state index in [-0.39, 0.29) is 18.2 Å². The van der Waals surface area contributed by atoms with Crippen molar-refractivity contribution in [1.29, 1.82) is 0 Å². The number of carbonyl (C=O) groups is 2. The molecule has 0 saturated carbocycles. The maximum atomic E-state index is 12.3. The molecule has 1 unspecified atom stereocenters. The third kappa shape index (κ3) is 2.28. The van der Waals surface area contributed by atoms with Crippen LogP contribution >= 0.6 is 0 Å². The highest BCUT2D eigenvalue weighted by Gasteiger charge is 2.41. The summed E-state index contributed by atoms with van der Waals surface area (Å²) in [6.07, 6.45) is -0.673. The van der Waals surface area contributed by atoms with Gasteiger partial charge in [0, 0.05) is 0 Å². The molecule has 4 heteroatoms. The minimum absolute atomic E-state index is 0.0720. The lowest BCUT2D eigenvalue weighted by Crippen LogP contribution is -2.33. The molecule has 1 aliphatic rings. The van der Waals surface area contributed by atoms with Gasteiger partial charge in [-0.25, -0.2) is 4.90 Å². The molecule has 3 rings (SSSR count). The van der Waals surface area contributed by atoms with Gasteiger partial charge in [-0.2, -0.15) is 0 Å². The molecule has 2 amide bonds. The van der Waals surface area contributed by atoms with Gasteiger partial charge in [-0.1, -0.05) is 36.4 Å². The van der Waals surface area contributed by atoms with E-state index in [4.69, 9.17) is 4.74 Å². The first-order chi connectivity index (χ1) is 9.75. The van der Waals surface area contributed by atoms with Crippen LogP contribution in [0.25, 0.3) is 0 Å². The Hall–Kier alpha value is -2.62. The van der Waals surface area contributed by atoms with Gasteiger partial charge in [0.05, 0.1) is 12.1 Å². The summed E-state index contributed by atoms with van der Waals surface area (Å²) in [5.74, 6) is 0.0424. The molecular weight excluding hydrogens is 254 g/mol. The lowest BCUT2D eigenvalue weighted by Gasteiger charge is -2.15. The van der Waals surface area contributed by atoms with Gasteiger partial charge in [-0.15, -0.1) is 0 Å². The van der Waals surface area contributed by atoms with Gasteiger partial charge in [0.2, 0.25) is 5.91 Å². The molecule has 2 aromatic rings. The fraction of sp³-hybridized carbons (Fsp3) is 0.125. The average molecular weight is 267 g/mol. The van der Waals surface area contributed by atoms with E-state index in [1.807, 2.05) is 24.3 Å². The zero-order valence-electron chi connectivity index (χ0n) is 10.7. The second kappa shape index (κ2) is 5.17. The average Bonchev–Trinajstić information content (AvgIpc) is 2.75. The van der Waals surface area contributed by atoms with E-state index in [1.54, 1.807) is 36.4 Å². The van der Waals surface area contributed by atoms with Gasteiger partial charge >= 0.3 is 0 Å². The van der Waals surface area contributed by atoms with E-state index >= 15 is 0 Å². The largest absolute Gasteiger partial charge is 0.480 e. The standard InChI is InChI=1S/C16H13NO3/c18-15-11-14(20-13-9-5-2-6-10-13)16(19)17(15)12-7-3-1-4-8-12/h1-10,14H,11H2. The maximum absolute atomic E-state index is 12.3.